The quantitative estimate of drug-likeness (QED) is 0.649. The number of hydrogen-bond donors (Lipinski definition) is 0. The molecule has 18 heavy (non-hydrogen) atoms. The fraction of sp³-hybridized carbons (Fsp3) is 0.429. The van der Waals surface area contributed by atoms with Crippen molar-refractivity contribution in [3.05, 3.63) is 41.3 Å². The summed E-state index contributed by atoms with van der Waals surface area (Å²) in [6.45, 7) is 6.99. The second-order valence-corrected chi connectivity index (χ2v) is 10.9. The van der Waals surface area contributed by atoms with E-state index in [2.05, 4.69) is 32.1 Å². The predicted octanol–water partition coefficient (Wildman–Crippen LogP) is 5.10. The van der Waals surface area contributed by atoms with Gasteiger partial charge in [0.15, 0.2) is 5.47 Å². The third kappa shape index (κ3) is 4.89. The van der Waals surface area contributed by atoms with E-state index in [-0.39, 0.29) is 0 Å². The van der Waals surface area contributed by atoms with Gasteiger partial charge in [0, 0.05) is 5.30 Å². The van der Waals surface area contributed by atoms with Crippen molar-refractivity contribution in [1.82, 2.24) is 0 Å². The van der Waals surface area contributed by atoms with Gasteiger partial charge in [-0.25, -0.2) is 0 Å². The van der Waals surface area contributed by atoms with Gasteiger partial charge in [-0.3, -0.25) is 0 Å². The summed E-state index contributed by atoms with van der Waals surface area (Å²) in [4.78, 5) is 1.28. The van der Waals surface area contributed by atoms with Crippen LogP contribution < -0.4 is 5.30 Å². The average molecular weight is 300 g/mol. The van der Waals surface area contributed by atoms with Gasteiger partial charge in [0.1, 0.15) is 0 Å². The van der Waals surface area contributed by atoms with Crippen LogP contribution in [0.3, 0.4) is 0 Å². The number of benzene rings is 1. The molecule has 0 saturated carbocycles. The summed E-state index contributed by atoms with van der Waals surface area (Å²) in [5.41, 5.74) is -1.99. The first-order chi connectivity index (χ1) is 8.62. The first-order valence-electron chi connectivity index (χ1n) is 6.29. The minimum atomic E-state index is -1.99. The summed E-state index contributed by atoms with van der Waals surface area (Å²) in [6.07, 6.45) is 4.53. The van der Waals surface area contributed by atoms with Crippen molar-refractivity contribution in [1.29, 1.82) is 0 Å². The van der Waals surface area contributed by atoms with Crippen molar-refractivity contribution in [2.24, 2.45) is 0 Å². The molecule has 0 N–H and O–H groups in total. The van der Waals surface area contributed by atoms with Gasteiger partial charge in [0.25, 0.3) is 0 Å². The highest BCUT2D eigenvalue weighted by molar-refractivity contribution is 8.72. The first-order valence-corrected chi connectivity index (χ1v) is 10.4. The molecular formula is C14H21OPS2. The molecule has 1 aromatic rings. The molecule has 0 spiro atoms. The molecule has 0 aliphatic carbocycles. The zero-order valence-corrected chi connectivity index (χ0v) is 13.8. The maximum atomic E-state index is 5.91. The average Bonchev–Trinajstić information content (AvgIpc) is 2.37. The number of allylic oxidation sites excluding steroid dienone is 2. The van der Waals surface area contributed by atoms with Crippen LogP contribution in [-0.4, -0.2) is 6.61 Å². The Labute approximate surface area is 120 Å². The van der Waals surface area contributed by atoms with Gasteiger partial charge < -0.3 is 4.52 Å². The highest BCUT2D eigenvalue weighted by atomic mass is 32.9. The Morgan fingerprint density at radius 3 is 2.56 bits per heavy atom. The van der Waals surface area contributed by atoms with Gasteiger partial charge in [-0.1, -0.05) is 72.9 Å². The molecule has 0 amide bonds. The lowest BCUT2D eigenvalue weighted by Gasteiger charge is -2.21. The zero-order chi connectivity index (χ0) is 13.4. The lowest BCUT2D eigenvalue weighted by molar-refractivity contribution is 0.390. The molecule has 1 nitrogen and oxygen atoms in total. The van der Waals surface area contributed by atoms with Gasteiger partial charge in [0.2, 0.25) is 0 Å². The molecule has 1 aromatic carbocycles. The smallest absolute Gasteiger partial charge is 0.152 e. The van der Waals surface area contributed by atoms with Crippen molar-refractivity contribution in [2.75, 3.05) is 6.61 Å². The van der Waals surface area contributed by atoms with Gasteiger partial charge in [-0.05, 0) is 25.2 Å². The van der Waals surface area contributed by atoms with E-state index in [0.29, 0.717) is 6.61 Å². The normalized spacial score (nSPS) is 15.4. The van der Waals surface area contributed by atoms with Gasteiger partial charge in [-0.15, -0.1) is 0 Å². The van der Waals surface area contributed by atoms with Crippen molar-refractivity contribution < 1.29 is 4.52 Å². The minimum Gasteiger partial charge on any atom is -0.338 e. The molecule has 0 heterocycles. The molecular weight excluding hydrogens is 279 g/mol. The standard InChI is InChI=1S/C14H21OPS2/c1-4-6-10-13(3)18-16(17,15-5-2)14-11-8-7-9-12-14/h7-12H,4-6H2,1-3H3. The summed E-state index contributed by atoms with van der Waals surface area (Å²) in [5, 5.41) is 1.15. The molecule has 1 rings (SSSR count). The number of unbranched alkanes of at least 4 members (excludes halogenated alkanes) is 1. The topological polar surface area (TPSA) is 9.23 Å². The van der Waals surface area contributed by atoms with Crippen LogP contribution in [0.25, 0.3) is 0 Å². The van der Waals surface area contributed by atoms with Crippen LogP contribution in [0.1, 0.15) is 33.6 Å². The Morgan fingerprint density at radius 1 is 1.33 bits per heavy atom. The van der Waals surface area contributed by atoms with Crippen LogP contribution in [0, 0.1) is 0 Å². The Hall–Kier alpha value is -0.0800. The predicted molar refractivity (Wildman–Crippen MR) is 88.2 cm³/mol. The summed E-state index contributed by atoms with van der Waals surface area (Å²) >= 11 is 7.53. The van der Waals surface area contributed by atoms with Crippen molar-refractivity contribution in [2.45, 2.75) is 33.6 Å². The molecule has 1 unspecified atom stereocenters. The first kappa shape index (κ1) is 16.0. The zero-order valence-electron chi connectivity index (χ0n) is 11.3. The highest BCUT2D eigenvalue weighted by Crippen LogP contribution is 2.61. The molecule has 1 atom stereocenters. The van der Waals surface area contributed by atoms with E-state index in [0.717, 1.165) is 11.7 Å². The van der Waals surface area contributed by atoms with E-state index in [1.807, 2.05) is 25.1 Å². The molecule has 0 radical (unpaired) electrons. The largest absolute Gasteiger partial charge is 0.338 e. The fourth-order valence-electron chi connectivity index (χ4n) is 1.51. The Morgan fingerprint density at radius 2 is 2.00 bits per heavy atom. The number of rotatable bonds is 7. The van der Waals surface area contributed by atoms with Crippen LogP contribution in [0.2, 0.25) is 0 Å². The van der Waals surface area contributed by atoms with E-state index in [1.54, 1.807) is 11.4 Å². The van der Waals surface area contributed by atoms with E-state index >= 15 is 0 Å². The summed E-state index contributed by atoms with van der Waals surface area (Å²) in [5.74, 6) is 0. The molecule has 0 aliphatic heterocycles. The Bertz CT molecular complexity index is 429. The van der Waals surface area contributed by atoms with Crippen LogP contribution >= 0.6 is 16.8 Å². The lowest BCUT2D eigenvalue weighted by atomic mass is 10.3. The molecule has 0 aromatic heterocycles. The molecule has 0 bridgehead atoms. The molecule has 4 heteroatoms. The third-order valence-electron chi connectivity index (χ3n) is 2.36. The SMILES string of the molecule is CCCC=C(C)SP(=S)(OCC)c1ccccc1. The van der Waals surface area contributed by atoms with E-state index in [4.69, 9.17) is 16.3 Å². The number of hydrogen-bond acceptors (Lipinski definition) is 3. The van der Waals surface area contributed by atoms with Crippen LogP contribution in [0.5, 0.6) is 0 Å². The second kappa shape index (κ2) is 8.16. The molecule has 0 saturated heterocycles. The molecule has 100 valence electrons. The fourth-order valence-corrected chi connectivity index (χ4v) is 7.52. The van der Waals surface area contributed by atoms with Crippen molar-refractivity contribution in [3.8, 4) is 0 Å². The monoisotopic (exact) mass is 300 g/mol. The maximum absolute atomic E-state index is 5.91. The summed E-state index contributed by atoms with van der Waals surface area (Å²) in [6, 6.07) is 10.2. The van der Waals surface area contributed by atoms with Gasteiger partial charge in [-0.2, -0.15) is 0 Å². The van der Waals surface area contributed by atoms with Crippen LogP contribution in [0.4, 0.5) is 0 Å². The van der Waals surface area contributed by atoms with Crippen molar-refractivity contribution in [3.63, 3.8) is 0 Å². The van der Waals surface area contributed by atoms with Gasteiger partial charge in [0.05, 0.1) is 6.61 Å². The van der Waals surface area contributed by atoms with Crippen LogP contribution in [0.15, 0.2) is 41.3 Å². The van der Waals surface area contributed by atoms with Crippen molar-refractivity contribution >= 4 is 34.0 Å². The summed E-state index contributed by atoms with van der Waals surface area (Å²) < 4.78 is 5.91. The molecule has 0 aliphatic rings. The van der Waals surface area contributed by atoms with E-state index in [9.17, 15) is 0 Å². The maximum Gasteiger partial charge on any atom is 0.152 e. The Balaban J connectivity index is 2.91. The molecule has 0 fully saturated rings. The van der Waals surface area contributed by atoms with E-state index < -0.39 is 5.47 Å². The van der Waals surface area contributed by atoms with E-state index in [1.165, 1.54) is 11.3 Å². The summed E-state index contributed by atoms with van der Waals surface area (Å²) in [7, 11) is 0. The van der Waals surface area contributed by atoms with Gasteiger partial charge >= 0.3 is 0 Å². The minimum absolute atomic E-state index is 0.667. The third-order valence-corrected chi connectivity index (χ3v) is 8.73. The second-order valence-electron chi connectivity index (χ2n) is 3.95. The lowest BCUT2D eigenvalue weighted by Crippen LogP contribution is -2.04. The highest BCUT2D eigenvalue weighted by Gasteiger charge is 2.21. The Kier molecular flexibility index (Phi) is 7.25. The van der Waals surface area contributed by atoms with Crippen LogP contribution in [-0.2, 0) is 16.3 Å².